The van der Waals surface area contributed by atoms with Crippen molar-refractivity contribution in [2.24, 2.45) is 5.92 Å². The third-order valence-electron chi connectivity index (χ3n) is 12.1. The number of thioether (sulfide) groups is 1. The lowest BCUT2D eigenvalue weighted by atomic mass is 9.93. The van der Waals surface area contributed by atoms with Gasteiger partial charge in [-0.05, 0) is 26.2 Å². The molecule has 0 unspecified atom stereocenters. The van der Waals surface area contributed by atoms with E-state index in [9.17, 15) is 43.8 Å². The molecule has 1 aliphatic heterocycles. The molecule has 1 aliphatic rings. The summed E-state index contributed by atoms with van der Waals surface area (Å²) < 4.78 is 22.7. The van der Waals surface area contributed by atoms with E-state index < -0.39 is 90.0 Å². The van der Waals surface area contributed by atoms with E-state index in [1.165, 1.54) is 110 Å². The Balaban J connectivity index is 3.22. The molecule has 1 rings (SSSR count). The Morgan fingerprint density at radius 2 is 0.894 bits per heavy atom. The summed E-state index contributed by atoms with van der Waals surface area (Å²) in [5, 5.41) is 24.5. The second-order valence-electron chi connectivity index (χ2n) is 18.2. The number of amides is 2. The number of carboxylic acid groups (broad SMARTS) is 2. The molecular formula is C50H88N2O13S. The lowest BCUT2D eigenvalue weighted by Crippen LogP contribution is -2.60. The summed E-state index contributed by atoms with van der Waals surface area (Å²) >= 11 is 0.973. The number of nitrogens with one attached hydrogen (secondary N) is 2. The molecule has 0 aromatic carbocycles. The van der Waals surface area contributed by atoms with Crippen LogP contribution in [0.5, 0.6) is 0 Å². The summed E-state index contributed by atoms with van der Waals surface area (Å²) in [6.45, 7) is 9.52. The van der Waals surface area contributed by atoms with Gasteiger partial charge in [0.15, 0.2) is 18.3 Å². The Morgan fingerprint density at radius 3 is 1.29 bits per heavy atom. The van der Waals surface area contributed by atoms with Crippen molar-refractivity contribution in [3.63, 3.8) is 0 Å². The first-order valence-electron chi connectivity index (χ1n) is 25.4. The van der Waals surface area contributed by atoms with Crippen molar-refractivity contribution in [1.82, 2.24) is 10.6 Å². The van der Waals surface area contributed by atoms with Gasteiger partial charge >= 0.3 is 29.8 Å². The van der Waals surface area contributed by atoms with Crippen molar-refractivity contribution in [1.29, 1.82) is 0 Å². The molecule has 382 valence electrons. The first kappa shape index (κ1) is 60.6. The lowest BCUT2D eigenvalue weighted by molar-refractivity contribution is -0.229. The van der Waals surface area contributed by atoms with Crippen molar-refractivity contribution in [2.75, 3.05) is 5.75 Å². The number of carbonyl (C=O) groups excluding carboxylic acids is 5. The maximum absolute atomic E-state index is 14.3. The number of esters is 3. The molecule has 2 amide bonds. The van der Waals surface area contributed by atoms with Gasteiger partial charge in [0.1, 0.15) is 17.5 Å². The highest BCUT2D eigenvalue weighted by atomic mass is 32.2. The molecule has 0 saturated carbocycles. The van der Waals surface area contributed by atoms with Crippen LogP contribution in [-0.2, 0) is 52.5 Å². The third-order valence-corrected chi connectivity index (χ3v) is 13.4. The van der Waals surface area contributed by atoms with Crippen molar-refractivity contribution >= 4 is 53.4 Å². The van der Waals surface area contributed by atoms with Gasteiger partial charge in [0.25, 0.3) is 0 Å². The lowest BCUT2D eigenvalue weighted by Gasteiger charge is -2.43. The van der Waals surface area contributed by atoms with E-state index in [1.807, 2.05) is 0 Å². The average molecular weight is 957 g/mol. The Kier molecular flexibility index (Phi) is 34.5. The van der Waals surface area contributed by atoms with Gasteiger partial charge in [0.05, 0.1) is 6.10 Å². The Bertz CT molecular complexity index is 1370. The van der Waals surface area contributed by atoms with Gasteiger partial charge in [-0.2, -0.15) is 0 Å². The summed E-state index contributed by atoms with van der Waals surface area (Å²) in [7, 11) is 0. The van der Waals surface area contributed by atoms with Crippen molar-refractivity contribution < 1.29 is 62.7 Å². The van der Waals surface area contributed by atoms with Crippen molar-refractivity contribution in [3.05, 3.63) is 0 Å². The maximum Gasteiger partial charge on any atom is 0.326 e. The monoisotopic (exact) mass is 957 g/mol. The number of rotatable bonds is 40. The molecule has 0 spiro atoms. The van der Waals surface area contributed by atoms with Crippen LogP contribution < -0.4 is 10.6 Å². The number of unbranched alkanes of at least 4 members (excludes halogenated alkanes) is 22. The third kappa shape index (κ3) is 28.7. The summed E-state index contributed by atoms with van der Waals surface area (Å²) in [5.74, 6) is -6.62. The van der Waals surface area contributed by atoms with Gasteiger partial charge in [-0.1, -0.05) is 168 Å². The number of aliphatic carboxylic acids is 2. The molecular weight excluding hydrogens is 869 g/mol. The Morgan fingerprint density at radius 1 is 0.515 bits per heavy atom. The normalized spacial score (nSPS) is 19.1. The van der Waals surface area contributed by atoms with Crippen LogP contribution in [0.25, 0.3) is 0 Å². The van der Waals surface area contributed by atoms with E-state index in [0.29, 0.717) is 12.8 Å². The fourth-order valence-electron chi connectivity index (χ4n) is 8.44. The largest absolute Gasteiger partial charge is 0.481 e. The van der Waals surface area contributed by atoms with E-state index in [-0.39, 0.29) is 18.1 Å². The molecule has 1 heterocycles. The minimum absolute atomic E-state index is 0.201. The summed E-state index contributed by atoms with van der Waals surface area (Å²) in [6, 6.07) is -2.87. The van der Waals surface area contributed by atoms with Gasteiger partial charge in [-0.15, -0.1) is 11.8 Å². The van der Waals surface area contributed by atoms with Gasteiger partial charge in [-0.25, -0.2) is 4.79 Å². The van der Waals surface area contributed by atoms with Gasteiger partial charge in [-0.3, -0.25) is 28.8 Å². The zero-order valence-electron chi connectivity index (χ0n) is 41.4. The van der Waals surface area contributed by atoms with Gasteiger partial charge in [0, 0.05) is 38.9 Å². The molecule has 0 aromatic rings. The molecule has 16 heteroatoms. The standard InChI is InChI=1S/C50H88N2O13S/c1-7-9-11-13-15-17-19-21-23-25-27-29-31-40(32-30-28-26-24-22-20-18-16-14-12-10-8-2)47(58)52-42(48(59)51-41(49(60)61)33-34-43(56)57)35-66-50-46(65-39(6)55)45(64-38(5)54)44(36(3)62-50)63-37(4)53/h36,40-42,44-46,50H,7-35H2,1-6H3,(H,51,59)(H,52,58)(H,56,57)(H,60,61)/t36-,41+,42-,44+,45+,46-,50+/m0/s1. The van der Waals surface area contributed by atoms with Crippen LogP contribution in [0.3, 0.4) is 0 Å². The van der Waals surface area contributed by atoms with Gasteiger partial charge < -0.3 is 39.8 Å². The minimum Gasteiger partial charge on any atom is -0.481 e. The van der Waals surface area contributed by atoms with E-state index in [4.69, 9.17) is 18.9 Å². The Hall–Kier alpha value is -3.40. The molecule has 1 fully saturated rings. The number of carboxylic acids is 2. The summed E-state index contributed by atoms with van der Waals surface area (Å²) in [6.07, 6.45) is 24.2. The second-order valence-corrected chi connectivity index (χ2v) is 19.3. The number of ether oxygens (including phenoxy) is 4. The van der Waals surface area contributed by atoms with Crippen LogP contribution in [-0.4, -0.2) is 99.6 Å². The molecule has 1 saturated heterocycles. The maximum atomic E-state index is 14.3. The van der Waals surface area contributed by atoms with Crippen LogP contribution in [0, 0.1) is 5.92 Å². The molecule has 15 nitrogen and oxygen atoms in total. The van der Waals surface area contributed by atoms with Crippen LogP contribution in [0.15, 0.2) is 0 Å². The molecule has 0 radical (unpaired) electrons. The van der Waals surface area contributed by atoms with Crippen LogP contribution in [0.2, 0.25) is 0 Å². The fourth-order valence-corrected chi connectivity index (χ4v) is 9.71. The van der Waals surface area contributed by atoms with Crippen LogP contribution >= 0.6 is 11.8 Å². The summed E-state index contributed by atoms with van der Waals surface area (Å²) in [5.41, 5.74) is -1.09. The van der Waals surface area contributed by atoms with E-state index in [2.05, 4.69) is 24.5 Å². The van der Waals surface area contributed by atoms with Crippen LogP contribution in [0.4, 0.5) is 0 Å². The molecule has 66 heavy (non-hydrogen) atoms. The number of hydrogen-bond acceptors (Lipinski definition) is 12. The minimum atomic E-state index is -1.55. The fraction of sp³-hybridized carbons (Fsp3) is 0.860. The van der Waals surface area contributed by atoms with E-state index in [1.54, 1.807) is 6.92 Å². The number of carbonyl (C=O) groups is 7. The smallest absolute Gasteiger partial charge is 0.326 e. The molecule has 4 N–H and O–H groups in total. The van der Waals surface area contributed by atoms with Crippen molar-refractivity contribution in [2.45, 2.75) is 263 Å². The molecule has 0 aliphatic carbocycles. The highest BCUT2D eigenvalue weighted by Crippen LogP contribution is 2.34. The zero-order valence-corrected chi connectivity index (χ0v) is 42.2. The highest BCUT2D eigenvalue weighted by molar-refractivity contribution is 7.99. The Labute approximate surface area is 400 Å². The molecule has 0 aromatic heterocycles. The predicted molar refractivity (Wildman–Crippen MR) is 257 cm³/mol. The highest BCUT2D eigenvalue weighted by Gasteiger charge is 2.50. The zero-order chi connectivity index (χ0) is 49.1. The van der Waals surface area contributed by atoms with E-state index in [0.717, 1.165) is 77.0 Å². The molecule has 7 atom stereocenters. The van der Waals surface area contributed by atoms with E-state index >= 15 is 0 Å². The predicted octanol–water partition coefficient (Wildman–Crippen LogP) is 9.98. The topological polar surface area (TPSA) is 221 Å². The first-order valence-corrected chi connectivity index (χ1v) is 26.5. The van der Waals surface area contributed by atoms with Gasteiger partial charge in [0.2, 0.25) is 11.8 Å². The quantitative estimate of drug-likeness (QED) is 0.0255. The van der Waals surface area contributed by atoms with Crippen LogP contribution in [0.1, 0.15) is 221 Å². The first-order chi connectivity index (χ1) is 31.6. The average Bonchev–Trinajstić information content (AvgIpc) is 3.25. The summed E-state index contributed by atoms with van der Waals surface area (Å²) in [4.78, 5) is 88.4. The SMILES string of the molecule is CCCCCCCCCCCCCCC(CCCCCCCCCCCCCC)C(=O)N[C@@H](CS[C@H]1O[C@@H](C)[C@@H](OC(C)=O)[C@@H](OC(C)=O)[C@@H]1OC(C)=O)C(=O)N[C@H](CCC(=O)O)C(=O)O. The molecule has 0 bridgehead atoms. The second kappa shape index (κ2) is 37.6. The van der Waals surface area contributed by atoms with Crippen molar-refractivity contribution in [3.8, 4) is 0 Å². The number of hydrogen-bond donors (Lipinski definition) is 4.